The summed E-state index contributed by atoms with van der Waals surface area (Å²) in [7, 11) is 0. The highest BCUT2D eigenvalue weighted by Gasteiger charge is 2.22. The molecule has 2 heterocycles. The van der Waals surface area contributed by atoms with E-state index < -0.39 is 0 Å². The number of hydrogen-bond acceptors (Lipinski definition) is 3. The van der Waals surface area contributed by atoms with Gasteiger partial charge in [0.05, 0.1) is 12.3 Å². The highest BCUT2D eigenvalue weighted by Crippen LogP contribution is 2.28. The molecule has 98 valence electrons. The van der Waals surface area contributed by atoms with E-state index in [2.05, 4.69) is 28.7 Å². The van der Waals surface area contributed by atoms with Gasteiger partial charge in [-0.05, 0) is 30.6 Å². The molecule has 2 rings (SSSR count). The Labute approximate surface area is 112 Å². The lowest BCUT2D eigenvalue weighted by Gasteiger charge is -2.18. The van der Waals surface area contributed by atoms with Crippen LogP contribution in [0.2, 0.25) is 5.22 Å². The molecule has 18 heavy (non-hydrogen) atoms. The van der Waals surface area contributed by atoms with Crippen LogP contribution in [0.25, 0.3) is 0 Å². The van der Waals surface area contributed by atoms with Gasteiger partial charge in [-0.15, -0.1) is 0 Å². The SMILES string of the molecule is CCCn1ccnc1C(NCC)c1ccoc1Cl. The Hall–Kier alpha value is -1.26. The fourth-order valence-electron chi connectivity index (χ4n) is 2.07. The largest absolute Gasteiger partial charge is 0.453 e. The summed E-state index contributed by atoms with van der Waals surface area (Å²) in [4.78, 5) is 4.45. The third-order valence-corrected chi connectivity index (χ3v) is 3.14. The maximum absolute atomic E-state index is 6.07. The van der Waals surface area contributed by atoms with Gasteiger partial charge in [-0.3, -0.25) is 0 Å². The van der Waals surface area contributed by atoms with Crippen LogP contribution in [0.15, 0.2) is 29.1 Å². The number of nitrogens with zero attached hydrogens (tertiary/aromatic N) is 2. The van der Waals surface area contributed by atoms with E-state index in [0.29, 0.717) is 5.22 Å². The van der Waals surface area contributed by atoms with Gasteiger partial charge in [-0.1, -0.05) is 13.8 Å². The van der Waals surface area contributed by atoms with Gasteiger partial charge in [0, 0.05) is 24.5 Å². The first-order valence-electron chi connectivity index (χ1n) is 6.25. The second kappa shape index (κ2) is 6.07. The molecule has 0 bridgehead atoms. The van der Waals surface area contributed by atoms with E-state index in [0.717, 1.165) is 30.9 Å². The average Bonchev–Trinajstić information content (AvgIpc) is 2.96. The molecule has 0 aliphatic carbocycles. The Balaban J connectivity index is 2.35. The molecule has 1 atom stereocenters. The van der Waals surface area contributed by atoms with Crippen molar-refractivity contribution in [3.63, 3.8) is 0 Å². The summed E-state index contributed by atoms with van der Waals surface area (Å²) in [5, 5.41) is 3.82. The van der Waals surface area contributed by atoms with Gasteiger partial charge in [0.2, 0.25) is 0 Å². The molecule has 1 unspecified atom stereocenters. The first-order valence-corrected chi connectivity index (χ1v) is 6.63. The van der Waals surface area contributed by atoms with Gasteiger partial charge in [0.15, 0.2) is 5.22 Å². The van der Waals surface area contributed by atoms with Crippen molar-refractivity contribution in [2.45, 2.75) is 32.9 Å². The summed E-state index contributed by atoms with van der Waals surface area (Å²) in [5.74, 6) is 0.974. The third-order valence-electron chi connectivity index (χ3n) is 2.84. The minimum absolute atomic E-state index is 0.0252. The van der Waals surface area contributed by atoms with Crippen molar-refractivity contribution in [2.24, 2.45) is 0 Å². The van der Waals surface area contributed by atoms with Gasteiger partial charge in [0.1, 0.15) is 5.82 Å². The van der Waals surface area contributed by atoms with Crippen LogP contribution in [-0.2, 0) is 6.54 Å². The lowest BCUT2D eigenvalue weighted by molar-refractivity contribution is 0.527. The van der Waals surface area contributed by atoms with Crippen molar-refractivity contribution in [1.82, 2.24) is 14.9 Å². The summed E-state index contributed by atoms with van der Waals surface area (Å²) in [5.41, 5.74) is 0.932. The normalized spacial score (nSPS) is 12.8. The van der Waals surface area contributed by atoms with Gasteiger partial charge >= 0.3 is 0 Å². The molecule has 0 saturated carbocycles. The third kappa shape index (κ3) is 2.60. The molecule has 0 aliphatic rings. The summed E-state index contributed by atoms with van der Waals surface area (Å²) >= 11 is 6.07. The topological polar surface area (TPSA) is 43.0 Å². The number of aryl methyl sites for hydroxylation is 1. The summed E-state index contributed by atoms with van der Waals surface area (Å²) in [6, 6.07) is 1.86. The maximum atomic E-state index is 6.07. The Morgan fingerprint density at radius 1 is 1.50 bits per heavy atom. The lowest BCUT2D eigenvalue weighted by atomic mass is 10.1. The molecule has 0 fully saturated rings. The first-order chi connectivity index (χ1) is 8.77. The van der Waals surface area contributed by atoms with E-state index in [1.807, 2.05) is 18.5 Å². The summed E-state index contributed by atoms with van der Waals surface area (Å²) < 4.78 is 7.33. The molecule has 0 aliphatic heterocycles. The molecule has 1 N–H and O–H groups in total. The highest BCUT2D eigenvalue weighted by atomic mass is 35.5. The minimum atomic E-state index is -0.0252. The predicted octanol–water partition coefficient (Wildman–Crippen LogP) is 3.24. The minimum Gasteiger partial charge on any atom is -0.453 e. The van der Waals surface area contributed by atoms with E-state index in [-0.39, 0.29) is 6.04 Å². The summed E-state index contributed by atoms with van der Waals surface area (Å²) in [6.45, 7) is 6.00. The van der Waals surface area contributed by atoms with Crippen molar-refractivity contribution >= 4 is 11.6 Å². The number of nitrogens with one attached hydrogen (secondary N) is 1. The Bertz CT molecular complexity index is 492. The van der Waals surface area contributed by atoms with E-state index >= 15 is 0 Å². The van der Waals surface area contributed by atoms with Crippen molar-refractivity contribution in [3.05, 3.63) is 41.3 Å². The van der Waals surface area contributed by atoms with Crippen LogP contribution in [0.1, 0.15) is 37.7 Å². The smallest absolute Gasteiger partial charge is 0.198 e. The molecule has 2 aromatic rings. The number of furan rings is 1. The molecule has 4 nitrogen and oxygen atoms in total. The molecule has 0 saturated heterocycles. The number of halogens is 1. The van der Waals surface area contributed by atoms with Crippen LogP contribution < -0.4 is 5.32 Å². The second-order valence-electron chi connectivity index (χ2n) is 4.12. The van der Waals surface area contributed by atoms with Crippen molar-refractivity contribution in [3.8, 4) is 0 Å². The molecule has 0 radical (unpaired) electrons. The number of imidazole rings is 1. The van der Waals surface area contributed by atoms with E-state index in [4.69, 9.17) is 16.0 Å². The van der Waals surface area contributed by atoms with Gasteiger partial charge < -0.3 is 14.3 Å². The summed E-state index contributed by atoms with van der Waals surface area (Å²) in [6.07, 6.45) is 6.50. The molecule has 0 aromatic carbocycles. The monoisotopic (exact) mass is 267 g/mol. The Kier molecular flexibility index (Phi) is 4.44. The molecule has 2 aromatic heterocycles. The number of hydrogen-bond donors (Lipinski definition) is 1. The van der Waals surface area contributed by atoms with Crippen LogP contribution in [0, 0.1) is 0 Å². The molecule has 5 heteroatoms. The van der Waals surface area contributed by atoms with E-state index in [9.17, 15) is 0 Å². The molecular weight excluding hydrogens is 250 g/mol. The average molecular weight is 268 g/mol. The predicted molar refractivity (Wildman–Crippen MR) is 71.8 cm³/mol. The lowest BCUT2D eigenvalue weighted by Crippen LogP contribution is -2.25. The van der Waals surface area contributed by atoms with Crippen molar-refractivity contribution < 1.29 is 4.42 Å². The number of rotatable bonds is 6. The fraction of sp³-hybridized carbons (Fsp3) is 0.462. The van der Waals surface area contributed by atoms with Crippen LogP contribution in [0.5, 0.6) is 0 Å². The quantitative estimate of drug-likeness (QED) is 0.874. The van der Waals surface area contributed by atoms with Gasteiger partial charge in [0.25, 0.3) is 0 Å². The van der Waals surface area contributed by atoms with Crippen molar-refractivity contribution in [1.29, 1.82) is 0 Å². The maximum Gasteiger partial charge on any atom is 0.198 e. The zero-order valence-corrected chi connectivity index (χ0v) is 11.4. The molecule has 0 amide bonds. The van der Waals surface area contributed by atoms with Crippen LogP contribution in [0.4, 0.5) is 0 Å². The standard InChI is InChI=1S/C13H18ClN3O/c1-3-7-17-8-6-16-13(17)11(15-4-2)10-5-9-18-12(10)14/h5-6,8-9,11,15H,3-4,7H2,1-2H3. The molecule has 0 spiro atoms. The number of aromatic nitrogens is 2. The van der Waals surface area contributed by atoms with Crippen LogP contribution in [0.3, 0.4) is 0 Å². The molecular formula is C13H18ClN3O. The van der Waals surface area contributed by atoms with Gasteiger partial charge in [-0.2, -0.15) is 0 Å². The zero-order valence-electron chi connectivity index (χ0n) is 10.7. The zero-order chi connectivity index (χ0) is 13.0. The highest BCUT2D eigenvalue weighted by molar-refractivity contribution is 6.29. The fourth-order valence-corrected chi connectivity index (χ4v) is 2.29. The second-order valence-corrected chi connectivity index (χ2v) is 4.46. The van der Waals surface area contributed by atoms with Gasteiger partial charge in [-0.25, -0.2) is 4.98 Å². The first kappa shape index (κ1) is 13.2. The van der Waals surface area contributed by atoms with Crippen LogP contribution in [-0.4, -0.2) is 16.1 Å². The Morgan fingerprint density at radius 3 is 2.94 bits per heavy atom. The van der Waals surface area contributed by atoms with E-state index in [1.54, 1.807) is 6.26 Å². The van der Waals surface area contributed by atoms with Crippen molar-refractivity contribution in [2.75, 3.05) is 6.54 Å². The van der Waals surface area contributed by atoms with Crippen LogP contribution >= 0.6 is 11.6 Å². The Morgan fingerprint density at radius 2 is 2.33 bits per heavy atom. The van der Waals surface area contributed by atoms with E-state index in [1.165, 1.54) is 0 Å².